The zero-order valence-electron chi connectivity index (χ0n) is 15.7. The predicted octanol–water partition coefficient (Wildman–Crippen LogP) is 3.36. The molecule has 5 rings (SSSR count). The first-order valence-electron chi connectivity index (χ1n) is 9.62. The summed E-state index contributed by atoms with van der Waals surface area (Å²) in [6.45, 7) is 5.65. The van der Waals surface area contributed by atoms with Crippen LogP contribution < -0.4 is 15.1 Å². The highest BCUT2D eigenvalue weighted by Gasteiger charge is 2.34. The second kappa shape index (κ2) is 6.46. The lowest BCUT2D eigenvalue weighted by Gasteiger charge is -2.32. The fraction of sp³-hybridized carbons (Fsp3) is 0.217. The van der Waals surface area contributed by atoms with Gasteiger partial charge in [-0.2, -0.15) is 0 Å². The Morgan fingerprint density at radius 2 is 1.57 bits per heavy atom. The first kappa shape index (κ1) is 17.0. The van der Waals surface area contributed by atoms with Crippen molar-refractivity contribution in [2.45, 2.75) is 6.92 Å². The van der Waals surface area contributed by atoms with Gasteiger partial charge in [-0.25, -0.2) is 4.90 Å². The first-order chi connectivity index (χ1) is 13.6. The number of carbonyl (C=O) groups excluding carboxylic acids is 2. The summed E-state index contributed by atoms with van der Waals surface area (Å²) in [4.78, 5) is 30.2. The van der Waals surface area contributed by atoms with E-state index < -0.39 is 0 Å². The maximum Gasteiger partial charge on any atom is 0.265 e. The van der Waals surface area contributed by atoms with Crippen LogP contribution in [0.25, 0.3) is 10.8 Å². The van der Waals surface area contributed by atoms with Crippen LogP contribution in [-0.4, -0.2) is 38.0 Å². The van der Waals surface area contributed by atoms with Crippen molar-refractivity contribution in [1.82, 2.24) is 5.32 Å². The van der Waals surface area contributed by atoms with E-state index >= 15 is 0 Å². The van der Waals surface area contributed by atoms with E-state index in [1.807, 2.05) is 61.5 Å². The monoisotopic (exact) mass is 371 g/mol. The highest BCUT2D eigenvalue weighted by molar-refractivity contribution is 6.36. The fourth-order valence-electron chi connectivity index (χ4n) is 4.26. The molecule has 3 aromatic carbocycles. The van der Waals surface area contributed by atoms with Crippen LogP contribution in [0.15, 0.2) is 54.6 Å². The normalized spacial score (nSPS) is 16.8. The summed E-state index contributed by atoms with van der Waals surface area (Å²) in [5.74, 6) is -0.516. The van der Waals surface area contributed by atoms with Gasteiger partial charge in [-0.1, -0.05) is 24.3 Å². The molecule has 0 spiro atoms. The molecule has 5 nitrogen and oxygen atoms in total. The predicted molar refractivity (Wildman–Crippen MR) is 111 cm³/mol. The molecular weight excluding hydrogens is 350 g/mol. The maximum absolute atomic E-state index is 13.3. The van der Waals surface area contributed by atoms with Gasteiger partial charge >= 0.3 is 0 Å². The van der Waals surface area contributed by atoms with Crippen LogP contribution in [-0.2, 0) is 0 Å². The average molecular weight is 371 g/mol. The van der Waals surface area contributed by atoms with Gasteiger partial charge in [0.2, 0.25) is 0 Å². The van der Waals surface area contributed by atoms with Crippen molar-refractivity contribution < 1.29 is 9.59 Å². The lowest BCUT2D eigenvalue weighted by atomic mass is 9.92. The lowest BCUT2D eigenvalue weighted by molar-refractivity contribution is 0.0893. The van der Waals surface area contributed by atoms with E-state index in [-0.39, 0.29) is 11.8 Å². The number of aryl methyl sites for hydroxylation is 1. The summed E-state index contributed by atoms with van der Waals surface area (Å²) in [7, 11) is 0. The Morgan fingerprint density at radius 3 is 2.32 bits per heavy atom. The molecule has 0 bridgehead atoms. The highest BCUT2D eigenvalue weighted by atomic mass is 16.2. The largest absolute Gasteiger partial charge is 0.368 e. The van der Waals surface area contributed by atoms with E-state index in [1.165, 1.54) is 4.90 Å². The van der Waals surface area contributed by atoms with Crippen LogP contribution in [0.4, 0.5) is 11.4 Å². The third-order valence-corrected chi connectivity index (χ3v) is 5.60. The summed E-state index contributed by atoms with van der Waals surface area (Å²) in [6.07, 6.45) is 0. The number of hydrogen-bond donors (Lipinski definition) is 1. The molecule has 140 valence electrons. The minimum atomic E-state index is -0.258. The number of rotatable bonds is 2. The molecule has 2 heterocycles. The number of imide groups is 1. The second-order valence-corrected chi connectivity index (χ2v) is 7.38. The summed E-state index contributed by atoms with van der Waals surface area (Å²) < 4.78 is 0. The Morgan fingerprint density at radius 1 is 0.857 bits per heavy atom. The molecular formula is C23H21N3O2. The minimum absolute atomic E-state index is 0.258. The van der Waals surface area contributed by atoms with Crippen molar-refractivity contribution in [2.24, 2.45) is 0 Å². The van der Waals surface area contributed by atoms with E-state index in [4.69, 9.17) is 0 Å². The third kappa shape index (κ3) is 2.51. The van der Waals surface area contributed by atoms with E-state index in [0.717, 1.165) is 48.2 Å². The molecule has 2 aliphatic rings. The Kier molecular flexibility index (Phi) is 3.91. The Labute approximate surface area is 163 Å². The van der Waals surface area contributed by atoms with Crippen LogP contribution >= 0.6 is 0 Å². The van der Waals surface area contributed by atoms with Crippen LogP contribution in [0.1, 0.15) is 26.3 Å². The van der Waals surface area contributed by atoms with Crippen LogP contribution in [0.5, 0.6) is 0 Å². The summed E-state index contributed by atoms with van der Waals surface area (Å²) >= 11 is 0. The molecule has 0 saturated carbocycles. The quantitative estimate of drug-likeness (QED) is 0.702. The number of hydrogen-bond acceptors (Lipinski definition) is 4. The van der Waals surface area contributed by atoms with Gasteiger partial charge in [-0.05, 0) is 42.8 Å². The van der Waals surface area contributed by atoms with Crippen LogP contribution in [0, 0.1) is 6.92 Å². The molecule has 0 unspecified atom stereocenters. The molecule has 0 atom stereocenters. The van der Waals surface area contributed by atoms with E-state index in [0.29, 0.717) is 16.8 Å². The number of benzene rings is 3. The van der Waals surface area contributed by atoms with Crippen molar-refractivity contribution in [3.05, 3.63) is 71.3 Å². The lowest BCUT2D eigenvalue weighted by Crippen LogP contribution is -2.44. The van der Waals surface area contributed by atoms with Gasteiger partial charge < -0.3 is 10.2 Å². The number of anilines is 2. The fourth-order valence-corrected chi connectivity index (χ4v) is 4.26. The Balaban J connectivity index is 1.69. The molecule has 2 amide bonds. The van der Waals surface area contributed by atoms with Crippen LogP contribution in [0.3, 0.4) is 0 Å². The molecule has 0 aromatic heterocycles. The summed E-state index contributed by atoms with van der Waals surface area (Å²) in [5.41, 5.74) is 3.89. The van der Waals surface area contributed by atoms with Gasteiger partial charge in [-0.3, -0.25) is 9.59 Å². The third-order valence-electron chi connectivity index (χ3n) is 5.60. The molecule has 0 aliphatic carbocycles. The number of nitrogens with zero attached hydrogens (tertiary/aromatic N) is 2. The topological polar surface area (TPSA) is 52.7 Å². The van der Waals surface area contributed by atoms with Gasteiger partial charge in [0.15, 0.2) is 0 Å². The zero-order valence-corrected chi connectivity index (χ0v) is 15.7. The van der Waals surface area contributed by atoms with E-state index in [9.17, 15) is 9.59 Å². The highest BCUT2D eigenvalue weighted by Crippen LogP contribution is 2.37. The molecule has 28 heavy (non-hydrogen) atoms. The van der Waals surface area contributed by atoms with Gasteiger partial charge in [-0.15, -0.1) is 0 Å². The van der Waals surface area contributed by atoms with Crippen molar-refractivity contribution in [1.29, 1.82) is 0 Å². The zero-order chi connectivity index (χ0) is 19.3. The summed E-state index contributed by atoms with van der Waals surface area (Å²) in [6, 6.07) is 17.2. The SMILES string of the molecule is Cc1cccc(N2C(=O)c3cccc4c(N5CCNCC5)ccc(c34)C2=O)c1. The average Bonchev–Trinajstić information content (AvgIpc) is 2.72. The van der Waals surface area contributed by atoms with Gasteiger partial charge in [0.1, 0.15) is 0 Å². The smallest absolute Gasteiger partial charge is 0.265 e. The van der Waals surface area contributed by atoms with Crippen molar-refractivity contribution >= 4 is 34.0 Å². The van der Waals surface area contributed by atoms with Crippen LogP contribution in [0.2, 0.25) is 0 Å². The van der Waals surface area contributed by atoms with Crippen molar-refractivity contribution in [3.8, 4) is 0 Å². The number of piperazine rings is 1. The molecule has 3 aromatic rings. The maximum atomic E-state index is 13.3. The van der Waals surface area contributed by atoms with Gasteiger partial charge in [0.25, 0.3) is 11.8 Å². The summed E-state index contributed by atoms with van der Waals surface area (Å²) in [5, 5.41) is 5.11. The van der Waals surface area contributed by atoms with E-state index in [2.05, 4.69) is 10.2 Å². The van der Waals surface area contributed by atoms with Gasteiger partial charge in [0, 0.05) is 53.8 Å². The number of carbonyl (C=O) groups is 2. The standard InChI is InChI=1S/C23H21N3O2/c1-15-4-2-5-16(14-15)26-22(27)18-7-3-6-17-20(25-12-10-24-11-13-25)9-8-19(21(17)18)23(26)28/h2-9,14,24H,10-13H2,1H3. The molecule has 0 radical (unpaired) electrons. The molecule has 2 aliphatic heterocycles. The van der Waals surface area contributed by atoms with Crippen molar-refractivity contribution in [3.63, 3.8) is 0 Å². The van der Waals surface area contributed by atoms with E-state index in [1.54, 1.807) is 0 Å². The van der Waals surface area contributed by atoms with Crippen molar-refractivity contribution in [2.75, 3.05) is 36.0 Å². The molecule has 1 fully saturated rings. The Bertz CT molecular complexity index is 1090. The van der Waals surface area contributed by atoms with Gasteiger partial charge in [0.05, 0.1) is 5.69 Å². The first-order valence-corrected chi connectivity index (χ1v) is 9.62. The number of nitrogens with one attached hydrogen (secondary N) is 1. The molecule has 1 N–H and O–H groups in total. The minimum Gasteiger partial charge on any atom is -0.368 e. The Hall–Kier alpha value is -3.18. The number of amides is 2. The second-order valence-electron chi connectivity index (χ2n) is 7.38. The molecule has 1 saturated heterocycles. The molecule has 5 heteroatoms.